The Kier molecular flexibility index (Phi) is 6.00. The molecule has 2 atom stereocenters. The Morgan fingerprint density at radius 2 is 2.26 bits per heavy atom. The zero-order valence-corrected chi connectivity index (χ0v) is 19.4. The van der Waals surface area contributed by atoms with Crippen LogP contribution >= 0.6 is 11.6 Å². The van der Waals surface area contributed by atoms with E-state index in [1.807, 2.05) is 6.92 Å². The van der Waals surface area contributed by atoms with Crippen molar-refractivity contribution in [3.05, 3.63) is 34.5 Å². The van der Waals surface area contributed by atoms with Crippen LogP contribution in [0.5, 0.6) is 0 Å². The number of morpholine rings is 1. The molecule has 0 radical (unpaired) electrons. The van der Waals surface area contributed by atoms with Gasteiger partial charge in [-0.15, -0.1) is 5.10 Å². The van der Waals surface area contributed by atoms with Gasteiger partial charge in [0.2, 0.25) is 5.95 Å². The Balaban J connectivity index is 1.44. The molecule has 2 aromatic heterocycles. The van der Waals surface area contributed by atoms with Gasteiger partial charge in [0.1, 0.15) is 29.6 Å². The minimum absolute atomic E-state index is 0.0989. The molecule has 2 fully saturated rings. The maximum atomic E-state index is 9.82. The monoisotopic (exact) mass is 481 g/mol. The van der Waals surface area contributed by atoms with E-state index in [0.29, 0.717) is 60.2 Å². The molecule has 3 N–H and O–H groups in total. The van der Waals surface area contributed by atoms with Crippen molar-refractivity contribution in [3.63, 3.8) is 0 Å². The molecule has 2 aromatic rings. The maximum Gasteiger partial charge on any atom is 0.247 e. The van der Waals surface area contributed by atoms with Gasteiger partial charge in [-0.2, -0.15) is 20.0 Å². The highest BCUT2D eigenvalue weighted by Gasteiger charge is 2.33. The number of imidazole rings is 1. The van der Waals surface area contributed by atoms with Crippen molar-refractivity contribution in [1.29, 1.82) is 10.5 Å². The number of halogens is 1. The van der Waals surface area contributed by atoms with Gasteiger partial charge in [0, 0.05) is 31.2 Å². The van der Waals surface area contributed by atoms with Gasteiger partial charge in [-0.3, -0.25) is 0 Å². The second-order valence-corrected chi connectivity index (χ2v) is 9.21. The van der Waals surface area contributed by atoms with Gasteiger partial charge in [0.25, 0.3) is 0 Å². The van der Waals surface area contributed by atoms with Gasteiger partial charge >= 0.3 is 0 Å². The third-order valence-corrected chi connectivity index (χ3v) is 6.23. The van der Waals surface area contributed by atoms with Crippen LogP contribution in [-0.4, -0.2) is 58.0 Å². The van der Waals surface area contributed by atoms with E-state index in [4.69, 9.17) is 21.1 Å². The first kappa shape index (κ1) is 22.4. The molecule has 0 aromatic carbocycles. The van der Waals surface area contributed by atoms with Crippen LogP contribution in [0.3, 0.4) is 0 Å². The van der Waals surface area contributed by atoms with Crippen molar-refractivity contribution >= 4 is 29.0 Å². The molecule has 0 amide bonds. The first-order chi connectivity index (χ1) is 16.5. The van der Waals surface area contributed by atoms with Crippen molar-refractivity contribution in [2.75, 3.05) is 36.9 Å². The standard InChI is InChI=1S/C22H24ClN9O2/c1-22(12-25)6-16(18(23)17(7-22)34-11-15-10-26-4-5-33-15)29-21-30-19(28-13-2-3-13)20-27-9-14(8-24)32(20)31-21/h7,9,13,15,26H,2-6,10-11H2,1H3,(H2,28,29,30,31). The average Bonchev–Trinajstić information content (AvgIpc) is 3.57. The van der Waals surface area contributed by atoms with E-state index in [0.717, 1.165) is 19.4 Å². The minimum Gasteiger partial charge on any atom is -0.489 e. The number of aromatic nitrogens is 4. The molecule has 1 aliphatic heterocycles. The summed E-state index contributed by atoms with van der Waals surface area (Å²) in [5.74, 6) is 1.18. The lowest BCUT2D eigenvalue weighted by Gasteiger charge is -2.29. The van der Waals surface area contributed by atoms with E-state index < -0.39 is 5.41 Å². The van der Waals surface area contributed by atoms with Gasteiger partial charge < -0.3 is 25.4 Å². The number of anilines is 2. The molecular formula is C22H24ClN9O2. The molecule has 34 heavy (non-hydrogen) atoms. The lowest BCUT2D eigenvalue weighted by Crippen LogP contribution is -2.41. The number of hydrogen-bond donors (Lipinski definition) is 3. The van der Waals surface area contributed by atoms with E-state index in [2.05, 4.69) is 43.2 Å². The van der Waals surface area contributed by atoms with Crippen molar-refractivity contribution in [1.82, 2.24) is 24.9 Å². The second-order valence-electron chi connectivity index (χ2n) is 8.83. The number of nitrogens with zero attached hydrogens (tertiary/aromatic N) is 6. The Bertz CT molecular complexity index is 1250. The van der Waals surface area contributed by atoms with Crippen LogP contribution in [0, 0.1) is 28.1 Å². The van der Waals surface area contributed by atoms with Crippen LogP contribution < -0.4 is 16.0 Å². The predicted octanol–water partition coefficient (Wildman–Crippen LogP) is 2.26. The molecule has 5 rings (SSSR count). The number of nitrogens with one attached hydrogen (secondary N) is 3. The van der Waals surface area contributed by atoms with Gasteiger partial charge in [0.15, 0.2) is 17.2 Å². The van der Waals surface area contributed by atoms with E-state index in [-0.39, 0.29) is 17.7 Å². The molecule has 3 aliphatic rings. The summed E-state index contributed by atoms with van der Waals surface area (Å²) in [6, 6.07) is 4.75. The summed E-state index contributed by atoms with van der Waals surface area (Å²) in [5, 5.41) is 33.8. The minimum atomic E-state index is -0.840. The lowest BCUT2D eigenvalue weighted by atomic mass is 9.83. The molecule has 176 valence electrons. The summed E-state index contributed by atoms with van der Waals surface area (Å²) in [6.07, 6.45) is 5.52. The number of rotatable bonds is 7. The SMILES string of the molecule is CC1(C#N)C=C(OCC2CNCCO2)C(Cl)=C(Nc2nc(NC3CC3)c3ncc(C#N)n3n2)C1. The highest BCUT2D eigenvalue weighted by atomic mass is 35.5. The van der Waals surface area contributed by atoms with Gasteiger partial charge in [-0.25, -0.2) is 4.98 Å². The highest BCUT2D eigenvalue weighted by Crippen LogP contribution is 2.39. The quantitative estimate of drug-likeness (QED) is 0.538. The molecular weight excluding hydrogens is 458 g/mol. The topological polar surface area (TPSA) is 145 Å². The Morgan fingerprint density at radius 1 is 1.41 bits per heavy atom. The fourth-order valence-corrected chi connectivity index (χ4v) is 4.07. The number of ether oxygens (including phenoxy) is 2. The first-order valence-corrected chi connectivity index (χ1v) is 11.5. The van der Waals surface area contributed by atoms with Gasteiger partial charge in [-0.05, 0) is 25.8 Å². The van der Waals surface area contributed by atoms with Gasteiger partial charge in [-0.1, -0.05) is 11.6 Å². The second kappa shape index (κ2) is 9.11. The van der Waals surface area contributed by atoms with Crippen molar-refractivity contribution < 1.29 is 9.47 Å². The molecule has 12 heteroatoms. The van der Waals surface area contributed by atoms with E-state index in [1.54, 1.807) is 6.08 Å². The van der Waals surface area contributed by atoms with Crippen molar-refractivity contribution in [3.8, 4) is 12.1 Å². The van der Waals surface area contributed by atoms with Crippen molar-refractivity contribution in [2.24, 2.45) is 5.41 Å². The number of nitriles is 2. The van der Waals surface area contributed by atoms with Crippen LogP contribution in [0.25, 0.3) is 5.65 Å². The van der Waals surface area contributed by atoms with Crippen LogP contribution in [-0.2, 0) is 9.47 Å². The highest BCUT2D eigenvalue weighted by molar-refractivity contribution is 6.32. The summed E-state index contributed by atoms with van der Waals surface area (Å²) >= 11 is 6.71. The fourth-order valence-electron chi connectivity index (χ4n) is 3.85. The van der Waals surface area contributed by atoms with E-state index in [1.165, 1.54) is 10.7 Å². The maximum absolute atomic E-state index is 9.82. The molecule has 2 aliphatic carbocycles. The first-order valence-electron chi connectivity index (χ1n) is 11.2. The zero-order chi connectivity index (χ0) is 23.7. The Hall–Kier alpha value is -3.38. The summed E-state index contributed by atoms with van der Waals surface area (Å²) < 4.78 is 13.1. The summed E-state index contributed by atoms with van der Waals surface area (Å²) in [5.41, 5.74) is 0.481. The number of fused-ring (bicyclic) bond motifs is 1. The Labute approximate surface area is 201 Å². The summed E-state index contributed by atoms with van der Waals surface area (Å²) in [7, 11) is 0. The third kappa shape index (κ3) is 4.64. The fraction of sp³-hybridized carbons (Fsp3) is 0.500. The summed E-state index contributed by atoms with van der Waals surface area (Å²) in [4.78, 5) is 8.87. The van der Waals surface area contributed by atoms with Crippen LogP contribution in [0.15, 0.2) is 28.8 Å². The van der Waals surface area contributed by atoms with Crippen LogP contribution in [0.1, 0.15) is 31.9 Å². The van der Waals surface area contributed by atoms with Gasteiger partial charge in [0.05, 0.1) is 24.3 Å². The third-order valence-electron chi connectivity index (χ3n) is 5.82. The molecule has 1 saturated heterocycles. The Morgan fingerprint density at radius 3 is 2.97 bits per heavy atom. The molecule has 1 saturated carbocycles. The normalized spacial score (nSPS) is 24.8. The molecule has 0 bridgehead atoms. The zero-order valence-electron chi connectivity index (χ0n) is 18.6. The largest absolute Gasteiger partial charge is 0.489 e. The predicted molar refractivity (Wildman–Crippen MR) is 124 cm³/mol. The molecule has 3 heterocycles. The van der Waals surface area contributed by atoms with Crippen LogP contribution in [0.4, 0.5) is 11.8 Å². The smallest absolute Gasteiger partial charge is 0.247 e. The molecule has 2 unspecified atom stereocenters. The van der Waals surface area contributed by atoms with E-state index >= 15 is 0 Å². The summed E-state index contributed by atoms with van der Waals surface area (Å²) in [6.45, 7) is 4.24. The molecule has 0 spiro atoms. The van der Waals surface area contributed by atoms with E-state index in [9.17, 15) is 10.5 Å². The number of allylic oxidation sites excluding steroid dienone is 3. The average molecular weight is 482 g/mol. The number of hydrogen-bond acceptors (Lipinski definition) is 10. The molecule has 11 nitrogen and oxygen atoms in total. The van der Waals surface area contributed by atoms with Crippen molar-refractivity contribution in [2.45, 2.75) is 38.3 Å². The van der Waals surface area contributed by atoms with Crippen LogP contribution in [0.2, 0.25) is 0 Å². The lowest BCUT2D eigenvalue weighted by molar-refractivity contribution is -0.0145.